The Bertz CT molecular complexity index is 645. The molecule has 3 nitrogen and oxygen atoms in total. The van der Waals surface area contributed by atoms with Gasteiger partial charge in [-0.3, -0.25) is 4.79 Å². The van der Waals surface area contributed by atoms with Gasteiger partial charge in [-0.15, -0.1) is 0 Å². The minimum absolute atomic E-state index is 0.343. The summed E-state index contributed by atoms with van der Waals surface area (Å²) in [6, 6.07) is 7.08. The normalized spacial score (nSPS) is 14.9. The van der Waals surface area contributed by atoms with Gasteiger partial charge in [-0.2, -0.15) is 13.2 Å². The van der Waals surface area contributed by atoms with Crippen LogP contribution in [0.3, 0.4) is 0 Å². The second-order valence-electron chi connectivity index (χ2n) is 5.09. The number of benzene rings is 1. The van der Waals surface area contributed by atoms with Crippen molar-refractivity contribution in [3.05, 3.63) is 47.1 Å². The van der Waals surface area contributed by atoms with Crippen LogP contribution in [0.25, 0.3) is 5.57 Å². The Morgan fingerprint density at radius 2 is 2.09 bits per heavy atom. The molecule has 1 aliphatic rings. The van der Waals surface area contributed by atoms with E-state index in [-0.39, 0.29) is 0 Å². The van der Waals surface area contributed by atoms with E-state index in [2.05, 4.69) is 0 Å². The zero-order chi connectivity index (χ0) is 16.3. The van der Waals surface area contributed by atoms with Crippen molar-refractivity contribution in [2.24, 2.45) is 0 Å². The van der Waals surface area contributed by atoms with Crippen LogP contribution < -0.4 is 10.1 Å². The second-order valence-corrected chi connectivity index (χ2v) is 5.09. The van der Waals surface area contributed by atoms with Gasteiger partial charge >= 0.3 is 6.18 Å². The van der Waals surface area contributed by atoms with Gasteiger partial charge in [0, 0.05) is 5.57 Å². The van der Waals surface area contributed by atoms with Crippen molar-refractivity contribution in [2.75, 3.05) is 13.7 Å². The average Bonchev–Trinajstić information content (AvgIpc) is 2.86. The molecule has 0 atom stereocenters. The van der Waals surface area contributed by atoms with E-state index in [9.17, 15) is 18.0 Å². The van der Waals surface area contributed by atoms with Crippen molar-refractivity contribution in [3.8, 4) is 5.75 Å². The van der Waals surface area contributed by atoms with Crippen LogP contribution in [0.5, 0.6) is 5.75 Å². The number of hydrogen-bond donors (Lipinski definition) is 1. The molecule has 118 valence electrons. The molecule has 1 amide bonds. The summed E-state index contributed by atoms with van der Waals surface area (Å²) in [5, 5.41) is 1.93. The molecule has 1 aliphatic carbocycles. The van der Waals surface area contributed by atoms with Crippen molar-refractivity contribution >= 4 is 11.5 Å². The largest absolute Gasteiger partial charge is 0.497 e. The van der Waals surface area contributed by atoms with E-state index < -0.39 is 18.6 Å². The van der Waals surface area contributed by atoms with E-state index in [1.54, 1.807) is 24.3 Å². The SMILES string of the molecule is COc1cccc(C2=C(C(=O)NCC(F)(F)F)CC(C)=C2)c1. The van der Waals surface area contributed by atoms with Gasteiger partial charge in [-0.25, -0.2) is 0 Å². The van der Waals surface area contributed by atoms with Crippen LogP contribution in [0.4, 0.5) is 13.2 Å². The maximum atomic E-state index is 12.2. The van der Waals surface area contributed by atoms with Gasteiger partial charge in [0.15, 0.2) is 0 Å². The molecular formula is C16H16F3NO2. The maximum Gasteiger partial charge on any atom is 0.405 e. The van der Waals surface area contributed by atoms with Crippen molar-refractivity contribution in [1.29, 1.82) is 0 Å². The number of halogens is 3. The summed E-state index contributed by atoms with van der Waals surface area (Å²) in [7, 11) is 1.53. The van der Waals surface area contributed by atoms with Crippen molar-refractivity contribution < 1.29 is 22.7 Å². The highest BCUT2D eigenvalue weighted by Gasteiger charge is 2.29. The standard InChI is InChI=1S/C16H16F3NO2/c1-10-6-13(11-4-3-5-12(8-11)22-2)14(7-10)15(21)20-9-16(17,18)19/h3-6,8H,7,9H2,1-2H3,(H,20,21). The van der Waals surface area contributed by atoms with E-state index in [4.69, 9.17) is 4.74 Å². The molecule has 6 heteroatoms. The molecule has 2 rings (SSSR count). The third-order valence-electron chi connectivity index (χ3n) is 3.28. The highest BCUT2D eigenvalue weighted by atomic mass is 19.4. The number of rotatable bonds is 4. The number of allylic oxidation sites excluding steroid dienone is 3. The lowest BCUT2D eigenvalue weighted by molar-refractivity contribution is -0.136. The van der Waals surface area contributed by atoms with Crippen LogP contribution in [-0.4, -0.2) is 25.7 Å². The number of carbonyl (C=O) groups excluding carboxylic acids is 1. The van der Waals surface area contributed by atoms with Gasteiger partial charge in [0.25, 0.3) is 0 Å². The second kappa shape index (κ2) is 6.25. The van der Waals surface area contributed by atoms with Crippen LogP contribution in [-0.2, 0) is 4.79 Å². The fourth-order valence-electron chi connectivity index (χ4n) is 2.30. The van der Waals surface area contributed by atoms with Gasteiger partial charge in [-0.05, 0) is 36.6 Å². The van der Waals surface area contributed by atoms with Gasteiger partial charge in [0.2, 0.25) is 5.91 Å². The molecule has 0 heterocycles. The molecule has 0 unspecified atom stereocenters. The van der Waals surface area contributed by atoms with Gasteiger partial charge in [0.1, 0.15) is 12.3 Å². The Balaban J connectivity index is 2.29. The van der Waals surface area contributed by atoms with Crippen LogP contribution in [0.15, 0.2) is 41.5 Å². The summed E-state index contributed by atoms with van der Waals surface area (Å²) in [4.78, 5) is 12.0. The number of nitrogens with one attached hydrogen (secondary N) is 1. The average molecular weight is 311 g/mol. The van der Waals surface area contributed by atoms with Gasteiger partial charge in [-0.1, -0.05) is 23.8 Å². The first-order valence-electron chi connectivity index (χ1n) is 6.70. The van der Waals surface area contributed by atoms with Crippen LogP contribution in [0.1, 0.15) is 18.9 Å². The third kappa shape index (κ3) is 3.90. The first kappa shape index (κ1) is 16.1. The Morgan fingerprint density at radius 3 is 2.73 bits per heavy atom. The number of alkyl halides is 3. The molecule has 0 radical (unpaired) electrons. The van der Waals surface area contributed by atoms with Crippen LogP contribution in [0.2, 0.25) is 0 Å². The third-order valence-corrected chi connectivity index (χ3v) is 3.28. The predicted octanol–water partition coefficient (Wildman–Crippen LogP) is 3.48. The predicted molar refractivity (Wildman–Crippen MR) is 77.4 cm³/mol. The fourth-order valence-corrected chi connectivity index (χ4v) is 2.30. The maximum absolute atomic E-state index is 12.2. The van der Waals surface area contributed by atoms with Crippen molar-refractivity contribution in [1.82, 2.24) is 5.32 Å². The molecular weight excluding hydrogens is 295 g/mol. The Morgan fingerprint density at radius 1 is 1.36 bits per heavy atom. The van der Waals surface area contributed by atoms with E-state index in [1.807, 2.05) is 18.3 Å². The fraction of sp³-hybridized carbons (Fsp3) is 0.312. The first-order valence-corrected chi connectivity index (χ1v) is 6.70. The highest BCUT2D eigenvalue weighted by molar-refractivity contribution is 6.05. The van der Waals surface area contributed by atoms with Gasteiger partial charge in [0.05, 0.1) is 7.11 Å². The summed E-state index contributed by atoms with van der Waals surface area (Å²) in [5.74, 6) is -0.0683. The van der Waals surface area contributed by atoms with Crippen molar-refractivity contribution in [2.45, 2.75) is 19.5 Å². The molecule has 22 heavy (non-hydrogen) atoms. The molecule has 0 saturated carbocycles. The summed E-state index contributed by atoms with van der Waals surface area (Å²) in [5.41, 5.74) is 2.65. The lowest BCUT2D eigenvalue weighted by Crippen LogP contribution is -2.34. The Labute approximate surface area is 126 Å². The quantitative estimate of drug-likeness (QED) is 0.924. The lowest BCUT2D eigenvalue weighted by Gasteiger charge is -2.11. The monoisotopic (exact) mass is 311 g/mol. The zero-order valence-corrected chi connectivity index (χ0v) is 12.3. The minimum atomic E-state index is -4.42. The van der Waals surface area contributed by atoms with Crippen molar-refractivity contribution in [3.63, 3.8) is 0 Å². The topological polar surface area (TPSA) is 38.3 Å². The van der Waals surface area contributed by atoms with E-state index in [0.29, 0.717) is 23.3 Å². The zero-order valence-electron chi connectivity index (χ0n) is 12.3. The number of hydrogen-bond acceptors (Lipinski definition) is 2. The van der Waals surface area contributed by atoms with Crippen LogP contribution >= 0.6 is 0 Å². The smallest absolute Gasteiger partial charge is 0.405 e. The Kier molecular flexibility index (Phi) is 4.59. The van der Waals surface area contributed by atoms with E-state index in [1.165, 1.54) is 7.11 Å². The van der Waals surface area contributed by atoms with E-state index in [0.717, 1.165) is 11.1 Å². The first-order chi connectivity index (χ1) is 10.3. The lowest BCUT2D eigenvalue weighted by atomic mass is 10.0. The van der Waals surface area contributed by atoms with Crippen LogP contribution in [0, 0.1) is 0 Å². The molecule has 1 aromatic rings. The summed E-state index contributed by atoms with van der Waals surface area (Å²) >= 11 is 0. The molecule has 1 N–H and O–H groups in total. The summed E-state index contributed by atoms with van der Waals surface area (Å²) in [6.07, 6.45) is -2.26. The summed E-state index contributed by atoms with van der Waals surface area (Å²) < 4.78 is 41.9. The molecule has 0 fully saturated rings. The minimum Gasteiger partial charge on any atom is -0.497 e. The number of carbonyl (C=O) groups is 1. The number of methoxy groups -OCH3 is 1. The van der Waals surface area contributed by atoms with E-state index >= 15 is 0 Å². The molecule has 0 bridgehead atoms. The molecule has 0 saturated heterocycles. The molecule has 0 aliphatic heterocycles. The van der Waals surface area contributed by atoms with Gasteiger partial charge < -0.3 is 10.1 Å². The number of amides is 1. The molecule has 1 aromatic carbocycles. The molecule has 0 spiro atoms. The highest BCUT2D eigenvalue weighted by Crippen LogP contribution is 2.33. The summed E-state index contributed by atoms with van der Waals surface area (Å²) in [6.45, 7) is 0.504. The number of ether oxygens (including phenoxy) is 1. The molecule has 0 aromatic heterocycles. The Hall–Kier alpha value is -2.24.